The van der Waals surface area contributed by atoms with E-state index >= 15 is 0 Å². The highest BCUT2D eigenvalue weighted by Crippen LogP contribution is 2.45. The standard InChI is InChI=1S/C51H55N5O7SSi/c1-50(2,3)65(5,6)63-45-44(54-47(64)55-49(59)61-32-41-39-23-15-13-21-37(39)38-22-14-16-24-40(38)41)42(62-46(45)56-30-29-43(57)53-48(56)58)31-52-51(33-17-9-7-10-18-33,34-19-11-8-12-20-34)35-25-27-36(60-4)28-26-35/h7-30,41-42,44-46,52H,31-32H2,1-6H3,(H,53,57,58)(H2,54,55,59,64)/t42-,44-,45-,46-/m1/s1. The first kappa shape index (κ1) is 45.4. The molecule has 14 heteroatoms. The lowest BCUT2D eigenvalue weighted by Gasteiger charge is -2.41. The molecule has 2 aliphatic rings. The summed E-state index contributed by atoms with van der Waals surface area (Å²) in [6.07, 6.45) is -1.90. The van der Waals surface area contributed by atoms with Gasteiger partial charge in [-0.1, -0.05) is 142 Å². The van der Waals surface area contributed by atoms with Gasteiger partial charge in [0.05, 0.1) is 24.8 Å². The molecule has 65 heavy (non-hydrogen) atoms. The van der Waals surface area contributed by atoms with Crippen LogP contribution in [0, 0.1) is 0 Å². The van der Waals surface area contributed by atoms with Crippen LogP contribution in [-0.4, -0.2) is 67.6 Å². The Balaban J connectivity index is 1.14. The third-order valence-electron chi connectivity index (χ3n) is 13.1. The van der Waals surface area contributed by atoms with Gasteiger partial charge in [0.2, 0.25) is 0 Å². The van der Waals surface area contributed by atoms with Gasteiger partial charge in [0.15, 0.2) is 19.7 Å². The maximum absolute atomic E-state index is 13.7. The van der Waals surface area contributed by atoms with Crippen molar-refractivity contribution in [3.63, 3.8) is 0 Å². The van der Waals surface area contributed by atoms with E-state index in [1.54, 1.807) is 7.11 Å². The molecule has 336 valence electrons. The van der Waals surface area contributed by atoms with Gasteiger partial charge in [-0.05, 0) is 81.4 Å². The SMILES string of the molecule is COc1ccc(C(NC[C@H]2O[C@@H](n3ccc(=O)[nH]c3=O)[C@H](O[Si](C)(C)C(C)(C)C)[C@@H]2NC(=S)NC(=O)OCC2c3ccccc3-c3ccccc32)(c2ccccc2)c2ccccc2)cc1. The number of benzene rings is 5. The number of rotatable bonds is 13. The Morgan fingerprint density at radius 2 is 1.34 bits per heavy atom. The van der Waals surface area contributed by atoms with Crippen molar-refractivity contribution in [2.24, 2.45) is 0 Å². The van der Waals surface area contributed by atoms with Crippen LogP contribution in [0.15, 0.2) is 155 Å². The molecule has 0 spiro atoms. The molecule has 0 bridgehead atoms. The maximum Gasteiger partial charge on any atom is 0.413 e. The first-order valence-electron chi connectivity index (χ1n) is 21.8. The average Bonchev–Trinajstić information content (AvgIpc) is 3.79. The van der Waals surface area contributed by atoms with Gasteiger partial charge in [-0.15, -0.1) is 0 Å². The van der Waals surface area contributed by atoms with Gasteiger partial charge in [-0.3, -0.25) is 25.0 Å². The van der Waals surface area contributed by atoms with Crippen molar-refractivity contribution in [2.45, 2.75) is 74.8 Å². The highest BCUT2D eigenvalue weighted by Gasteiger charge is 2.52. The predicted octanol–water partition coefficient (Wildman–Crippen LogP) is 8.20. The van der Waals surface area contributed by atoms with Gasteiger partial charge >= 0.3 is 11.8 Å². The number of aromatic amines is 1. The number of ether oxygens (including phenoxy) is 3. The maximum atomic E-state index is 13.7. The summed E-state index contributed by atoms with van der Waals surface area (Å²) in [5.74, 6) is 0.566. The zero-order valence-electron chi connectivity index (χ0n) is 37.4. The van der Waals surface area contributed by atoms with E-state index in [-0.39, 0.29) is 29.2 Å². The monoisotopic (exact) mass is 909 g/mol. The van der Waals surface area contributed by atoms with Gasteiger partial charge < -0.3 is 24.0 Å². The van der Waals surface area contributed by atoms with Crippen LogP contribution in [0.3, 0.4) is 0 Å². The summed E-state index contributed by atoms with van der Waals surface area (Å²) < 4.78 is 27.0. The number of alkyl carbamates (subject to hydrolysis) is 1. The Kier molecular flexibility index (Phi) is 13.1. The average molecular weight is 910 g/mol. The second-order valence-electron chi connectivity index (χ2n) is 18.0. The van der Waals surface area contributed by atoms with Gasteiger partial charge in [0.1, 0.15) is 18.5 Å². The minimum atomic E-state index is -2.63. The molecule has 0 unspecified atom stereocenters. The molecule has 2 heterocycles. The summed E-state index contributed by atoms with van der Waals surface area (Å²) in [7, 11) is -0.997. The molecule has 1 aliphatic carbocycles. The first-order chi connectivity index (χ1) is 31.2. The number of carbonyl (C=O) groups is 1. The Hall–Kier alpha value is -6.16. The Morgan fingerprint density at radius 1 is 0.785 bits per heavy atom. The second kappa shape index (κ2) is 18.7. The fraction of sp³-hybridized carbons (Fsp3) is 0.294. The van der Waals surface area contributed by atoms with Crippen molar-refractivity contribution < 1.29 is 23.4 Å². The zero-order valence-corrected chi connectivity index (χ0v) is 39.2. The third kappa shape index (κ3) is 9.22. The quantitative estimate of drug-likeness (QED) is 0.0509. The smallest absolute Gasteiger partial charge is 0.413 e. The summed E-state index contributed by atoms with van der Waals surface area (Å²) in [6.45, 7) is 10.9. The Labute approximate surface area is 385 Å². The molecule has 1 saturated heterocycles. The number of carbonyl (C=O) groups excluding carboxylic acids is 1. The summed E-state index contributed by atoms with van der Waals surface area (Å²) >= 11 is 5.90. The number of H-pyrrole nitrogens is 1. The molecule has 4 atom stereocenters. The van der Waals surface area contributed by atoms with Gasteiger partial charge in [-0.2, -0.15) is 0 Å². The topological polar surface area (TPSA) is 145 Å². The van der Waals surface area contributed by atoms with E-state index in [0.29, 0.717) is 5.75 Å². The van der Waals surface area contributed by atoms with Crippen LogP contribution in [0.2, 0.25) is 18.1 Å². The highest BCUT2D eigenvalue weighted by molar-refractivity contribution is 7.80. The molecular weight excluding hydrogens is 855 g/mol. The number of amides is 1. The van der Waals surface area contributed by atoms with Crippen LogP contribution < -0.4 is 31.9 Å². The van der Waals surface area contributed by atoms with Crippen molar-refractivity contribution in [2.75, 3.05) is 20.3 Å². The fourth-order valence-electron chi connectivity index (χ4n) is 8.77. The summed E-state index contributed by atoms with van der Waals surface area (Å²) in [5, 5.41) is 9.82. The molecule has 0 radical (unpaired) electrons. The van der Waals surface area contributed by atoms with Crippen LogP contribution in [0.25, 0.3) is 11.1 Å². The number of aromatic nitrogens is 2. The molecule has 8 rings (SSSR count). The van der Waals surface area contributed by atoms with Crippen molar-refractivity contribution in [3.05, 3.63) is 194 Å². The second-order valence-corrected chi connectivity index (χ2v) is 23.1. The molecule has 1 amide bonds. The number of methoxy groups -OCH3 is 1. The van der Waals surface area contributed by atoms with Crippen LogP contribution in [0.4, 0.5) is 4.79 Å². The molecule has 6 aromatic rings. The molecule has 12 nitrogen and oxygen atoms in total. The van der Waals surface area contributed by atoms with E-state index < -0.39 is 55.7 Å². The molecule has 1 aromatic heterocycles. The fourth-order valence-corrected chi connectivity index (χ4v) is 10.3. The van der Waals surface area contributed by atoms with E-state index in [2.05, 4.69) is 103 Å². The number of nitrogens with one attached hydrogen (secondary N) is 4. The number of fused-ring (bicyclic) bond motifs is 3. The highest BCUT2D eigenvalue weighted by atomic mass is 32.1. The number of hydrogen-bond donors (Lipinski definition) is 4. The Bertz CT molecular complexity index is 2670. The van der Waals surface area contributed by atoms with Crippen LogP contribution in [0.5, 0.6) is 5.75 Å². The summed E-state index contributed by atoms with van der Waals surface area (Å²) in [6, 6.07) is 45.1. The van der Waals surface area contributed by atoms with Crippen molar-refractivity contribution in [3.8, 4) is 16.9 Å². The van der Waals surface area contributed by atoms with Crippen LogP contribution in [-0.2, 0) is 19.4 Å². The van der Waals surface area contributed by atoms with Crippen LogP contribution >= 0.6 is 12.2 Å². The van der Waals surface area contributed by atoms with E-state index in [1.807, 2.05) is 84.9 Å². The molecule has 0 saturated carbocycles. The molecule has 5 aromatic carbocycles. The number of nitrogens with zero attached hydrogens (tertiary/aromatic N) is 1. The number of thiocarbonyl (C=S) groups is 1. The lowest BCUT2D eigenvalue weighted by molar-refractivity contribution is -0.0366. The largest absolute Gasteiger partial charge is 0.497 e. The zero-order chi connectivity index (χ0) is 45.9. The van der Waals surface area contributed by atoms with Crippen molar-refractivity contribution in [1.29, 1.82) is 0 Å². The summed E-state index contributed by atoms with van der Waals surface area (Å²) in [5.41, 5.74) is 5.17. The third-order valence-corrected chi connectivity index (χ3v) is 17.8. The lowest BCUT2D eigenvalue weighted by atomic mass is 9.76. The van der Waals surface area contributed by atoms with Gasteiger partial charge in [0.25, 0.3) is 5.56 Å². The van der Waals surface area contributed by atoms with E-state index in [0.717, 1.165) is 38.9 Å². The molecular formula is C51H55N5O7SSi. The minimum absolute atomic E-state index is 0.00773. The van der Waals surface area contributed by atoms with Crippen molar-refractivity contribution in [1.82, 2.24) is 25.5 Å². The minimum Gasteiger partial charge on any atom is -0.497 e. The molecule has 1 aliphatic heterocycles. The molecule has 4 N–H and O–H groups in total. The predicted molar refractivity (Wildman–Crippen MR) is 259 cm³/mol. The Morgan fingerprint density at radius 3 is 1.89 bits per heavy atom. The van der Waals surface area contributed by atoms with Gasteiger partial charge in [0, 0.05) is 24.7 Å². The van der Waals surface area contributed by atoms with E-state index in [9.17, 15) is 14.4 Å². The lowest BCUT2D eigenvalue weighted by Crippen LogP contribution is -2.58. The van der Waals surface area contributed by atoms with Gasteiger partial charge in [-0.25, -0.2) is 9.59 Å². The van der Waals surface area contributed by atoms with E-state index in [1.165, 1.54) is 16.8 Å². The normalized spacial score (nSPS) is 18.4. The van der Waals surface area contributed by atoms with Crippen molar-refractivity contribution >= 4 is 31.7 Å². The molecule has 1 fully saturated rings. The van der Waals surface area contributed by atoms with E-state index in [4.69, 9.17) is 30.9 Å². The van der Waals surface area contributed by atoms with Crippen LogP contribution in [0.1, 0.15) is 60.7 Å². The first-order valence-corrected chi connectivity index (χ1v) is 25.1. The summed E-state index contributed by atoms with van der Waals surface area (Å²) in [4.78, 5) is 42.0. The number of hydrogen-bond acceptors (Lipinski definition) is 9.